The molecule has 2 heterocycles. The van der Waals surface area contributed by atoms with Crippen molar-refractivity contribution in [3.05, 3.63) is 51.9 Å². The number of thiophene rings is 1. The molecule has 0 unspecified atom stereocenters. The molecule has 3 rings (SSSR count). The third-order valence-corrected chi connectivity index (χ3v) is 5.99. The predicted molar refractivity (Wildman–Crippen MR) is 101 cm³/mol. The highest BCUT2D eigenvalue weighted by Crippen LogP contribution is 2.34. The van der Waals surface area contributed by atoms with Crippen LogP contribution in [0.5, 0.6) is 0 Å². The van der Waals surface area contributed by atoms with E-state index in [1.54, 1.807) is 34.1 Å². The number of nitrogens with zero attached hydrogens (tertiary/aromatic N) is 2. The quantitative estimate of drug-likeness (QED) is 0.576. The lowest BCUT2D eigenvalue weighted by molar-refractivity contribution is -0.130. The summed E-state index contributed by atoms with van der Waals surface area (Å²) in [6.45, 7) is 2.09. The number of nitriles is 1. The van der Waals surface area contributed by atoms with Gasteiger partial charge >= 0.3 is 0 Å². The maximum Gasteiger partial charge on any atom is 0.264 e. The van der Waals surface area contributed by atoms with Crippen molar-refractivity contribution in [2.45, 2.75) is 9.10 Å². The molecule has 2 aromatic rings. The fourth-order valence-electron chi connectivity index (χ4n) is 2.31. The van der Waals surface area contributed by atoms with E-state index in [2.05, 4.69) is 0 Å². The molecule has 0 atom stereocenters. The maximum absolute atomic E-state index is 12.4. The van der Waals surface area contributed by atoms with E-state index < -0.39 is 0 Å². The SMILES string of the molecule is N#C/C(=C/c1ccc(Sc2ccc(Cl)cc2)s1)C(=O)N1CCOCC1. The first-order valence-electron chi connectivity index (χ1n) is 7.68. The van der Waals surface area contributed by atoms with Crippen LogP contribution in [-0.4, -0.2) is 37.1 Å². The van der Waals surface area contributed by atoms with Crippen LogP contribution in [0.15, 0.2) is 51.1 Å². The Morgan fingerprint density at radius 3 is 2.64 bits per heavy atom. The van der Waals surface area contributed by atoms with Gasteiger partial charge in [-0.25, -0.2) is 0 Å². The third kappa shape index (κ3) is 4.86. The Bertz CT molecular complexity index is 818. The average Bonchev–Trinajstić information content (AvgIpc) is 3.09. The van der Waals surface area contributed by atoms with Crippen LogP contribution in [0.1, 0.15) is 4.88 Å². The molecule has 1 saturated heterocycles. The minimum atomic E-state index is -0.230. The summed E-state index contributed by atoms with van der Waals surface area (Å²) in [7, 11) is 0. The van der Waals surface area contributed by atoms with Gasteiger partial charge in [-0.3, -0.25) is 4.79 Å². The highest BCUT2D eigenvalue weighted by atomic mass is 35.5. The monoisotopic (exact) mass is 390 g/mol. The molecule has 7 heteroatoms. The summed E-state index contributed by atoms with van der Waals surface area (Å²) >= 11 is 9.07. The van der Waals surface area contributed by atoms with Gasteiger partial charge in [-0.2, -0.15) is 5.26 Å². The molecular formula is C18H15ClN2O2S2. The molecule has 1 fully saturated rings. The first kappa shape index (κ1) is 18.0. The zero-order valence-corrected chi connectivity index (χ0v) is 15.7. The highest BCUT2D eigenvalue weighted by molar-refractivity contribution is 8.01. The number of ether oxygens (including phenoxy) is 1. The molecule has 1 aliphatic heterocycles. The molecule has 0 bridgehead atoms. The molecule has 1 aromatic heterocycles. The van der Waals surface area contributed by atoms with Gasteiger partial charge in [0, 0.05) is 27.9 Å². The van der Waals surface area contributed by atoms with Crippen molar-refractivity contribution in [3.8, 4) is 6.07 Å². The Morgan fingerprint density at radius 1 is 1.24 bits per heavy atom. The summed E-state index contributed by atoms with van der Waals surface area (Å²) in [5.41, 5.74) is 0.159. The first-order valence-corrected chi connectivity index (χ1v) is 9.69. The van der Waals surface area contributed by atoms with Gasteiger partial charge in [0.15, 0.2) is 0 Å². The van der Waals surface area contributed by atoms with Crippen LogP contribution in [0, 0.1) is 11.3 Å². The van der Waals surface area contributed by atoms with Crippen LogP contribution in [0.4, 0.5) is 0 Å². The molecular weight excluding hydrogens is 376 g/mol. The maximum atomic E-state index is 12.4. The normalized spacial score (nSPS) is 15.0. The molecule has 1 aliphatic rings. The van der Waals surface area contributed by atoms with Gasteiger partial charge in [-0.15, -0.1) is 11.3 Å². The number of hydrogen-bond acceptors (Lipinski definition) is 5. The van der Waals surface area contributed by atoms with Crippen molar-refractivity contribution < 1.29 is 9.53 Å². The molecule has 0 radical (unpaired) electrons. The highest BCUT2D eigenvalue weighted by Gasteiger charge is 2.20. The van der Waals surface area contributed by atoms with E-state index in [0.29, 0.717) is 31.3 Å². The molecule has 25 heavy (non-hydrogen) atoms. The fourth-order valence-corrected chi connectivity index (χ4v) is 4.50. The van der Waals surface area contributed by atoms with Crippen molar-refractivity contribution in [1.29, 1.82) is 5.26 Å². The lowest BCUT2D eigenvalue weighted by Crippen LogP contribution is -2.41. The number of morpholine rings is 1. The molecule has 0 spiro atoms. The van der Waals surface area contributed by atoms with Crippen molar-refractivity contribution >= 4 is 46.7 Å². The Hall–Kier alpha value is -1.78. The molecule has 1 amide bonds. The fraction of sp³-hybridized carbons (Fsp3) is 0.222. The van der Waals surface area contributed by atoms with Crippen molar-refractivity contribution in [3.63, 3.8) is 0 Å². The van der Waals surface area contributed by atoms with E-state index in [9.17, 15) is 10.1 Å². The first-order chi connectivity index (χ1) is 12.2. The van der Waals surface area contributed by atoms with Gasteiger partial charge in [-0.05, 0) is 42.5 Å². The summed E-state index contributed by atoms with van der Waals surface area (Å²) in [5.74, 6) is -0.230. The van der Waals surface area contributed by atoms with Gasteiger partial charge in [0.25, 0.3) is 5.91 Å². The van der Waals surface area contributed by atoms with Gasteiger partial charge in [-0.1, -0.05) is 23.4 Å². The van der Waals surface area contributed by atoms with Gasteiger partial charge in [0.1, 0.15) is 11.6 Å². The van der Waals surface area contributed by atoms with Gasteiger partial charge in [0.05, 0.1) is 17.4 Å². The van der Waals surface area contributed by atoms with E-state index in [-0.39, 0.29) is 11.5 Å². The van der Waals surface area contributed by atoms with E-state index in [0.717, 1.165) is 14.0 Å². The number of carbonyl (C=O) groups excluding carboxylic acids is 1. The topological polar surface area (TPSA) is 53.3 Å². The molecule has 0 saturated carbocycles. The van der Waals surface area contributed by atoms with Crippen molar-refractivity contribution in [2.75, 3.05) is 26.3 Å². The van der Waals surface area contributed by atoms with Crippen LogP contribution >= 0.6 is 34.7 Å². The lowest BCUT2D eigenvalue weighted by atomic mass is 10.2. The standard InChI is InChI=1S/C18H15ClN2O2S2/c19-14-1-3-15(4-2-14)24-17-6-5-16(25-17)11-13(12-20)18(22)21-7-9-23-10-8-21/h1-6,11H,7-10H2/b13-11-. The summed E-state index contributed by atoms with van der Waals surface area (Å²) in [6, 6.07) is 13.6. The van der Waals surface area contributed by atoms with Crippen LogP contribution in [0.2, 0.25) is 5.02 Å². The van der Waals surface area contributed by atoms with Crippen molar-refractivity contribution in [1.82, 2.24) is 4.90 Å². The summed E-state index contributed by atoms with van der Waals surface area (Å²) in [6.07, 6.45) is 1.66. The van der Waals surface area contributed by atoms with Crippen LogP contribution in [0.25, 0.3) is 6.08 Å². The number of halogens is 1. The number of amides is 1. The second-order valence-corrected chi connectivity index (χ2v) is 8.21. The van der Waals surface area contributed by atoms with E-state index >= 15 is 0 Å². The zero-order chi connectivity index (χ0) is 17.6. The second kappa shape index (κ2) is 8.54. The minimum Gasteiger partial charge on any atom is -0.378 e. The number of carbonyl (C=O) groups is 1. The smallest absolute Gasteiger partial charge is 0.264 e. The molecule has 0 N–H and O–H groups in total. The largest absolute Gasteiger partial charge is 0.378 e. The summed E-state index contributed by atoms with van der Waals surface area (Å²) < 4.78 is 6.33. The van der Waals surface area contributed by atoms with Crippen molar-refractivity contribution in [2.24, 2.45) is 0 Å². The van der Waals surface area contributed by atoms with Gasteiger partial charge in [0.2, 0.25) is 0 Å². The second-order valence-electron chi connectivity index (χ2n) is 5.29. The zero-order valence-electron chi connectivity index (χ0n) is 13.3. The van der Waals surface area contributed by atoms with Crippen LogP contribution in [-0.2, 0) is 9.53 Å². The molecule has 4 nitrogen and oxygen atoms in total. The third-order valence-electron chi connectivity index (χ3n) is 3.57. The molecule has 1 aromatic carbocycles. The number of hydrogen-bond donors (Lipinski definition) is 0. The molecule has 128 valence electrons. The number of rotatable bonds is 4. The van der Waals surface area contributed by atoms with E-state index in [4.69, 9.17) is 16.3 Å². The minimum absolute atomic E-state index is 0.159. The number of benzene rings is 1. The summed E-state index contributed by atoms with van der Waals surface area (Å²) in [4.78, 5) is 16.1. The Labute approximate surface area is 159 Å². The van der Waals surface area contributed by atoms with Crippen LogP contribution in [0.3, 0.4) is 0 Å². The van der Waals surface area contributed by atoms with Crippen LogP contribution < -0.4 is 0 Å². The molecule has 0 aliphatic carbocycles. The van der Waals surface area contributed by atoms with Gasteiger partial charge < -0.3 is 9.64 Å². The van der Waals surface area contributed by atoms with E-state index in [1.165, 1.54) is 0 Å². The average molecular weight is 391 g/mol. The Balaban J connectivity index is 1.71. The Kier molecular flexibility index (Phi) is 6.16. The van der Waals surface area contributed by atoms with E-state index in [1.807, 2.05) is 42.5 Å². The Morgan fingerprint density at radius 2 is 1.96 bits per heavy atom. The predicted octanol–water partition coefficient (Wildman–Crippen LogP) is 4.32. The lowest BCUT2D eigenvalue weighted by Gasteiger charge is -2.26. The summed E-state index contributed by atoms with van der Waals surface area (Å²) in [5, 5.41) is 10.1.